The van der Waals surface area contributed by atoms with Gasteiger partial charge in [0, 0.05) is 42.7 Å². The highest BCUT2D eigenvalue weighted by Crippen LogP contribution is 2.47. The SMILES string of the molecule is O=C(CC1SC(N2CCCC2)=NC1=O)Nc1ccc(C(=O)NCC2(c3ccccc3)CC2)cc1. The van der Waals surface area contributed by atoms with Gasteiger partial charge >= 0.3 is 0 Å². The molecule has 2 N–H and O–H groups in total. The standard InChI is InChI=1S/C26H28N4O3S/c31-22(16-21-24(33)29-25(34-21)30-14-4-5-15-30)28-20-10-8-18(9-11-20)23(32)27-17-26(12-13-26)19-6-2-1-3-7-19/h1-3,6-11,21H,4-5,12-17H2,(H,27,32)(H,28,31). The van der Waals surface area contributed by atoms with E-state index in [1.807, 2.05) is 18.2 Å². The molecule has 5 rings (SSSR count). The molecular formula is C26H28N4O3S. The molecule has 2 heterocycles. The molecule has 7 nitrogen and oxygen atoms in total. The average molecular weight is 477 g/mol. The van der Waals surface area contributed by atoms with Gasteiger partial charge in [-0.2, -0.15) is 4.99 Å². The van der Waals surface area contributed by atoms with Crippen LogP contribution in [-0.4, -0.2) is 52.7 Å². The Morgan fingerprint density at radius 1 is 1.03 bits per heavy atom. The molecule has 176 valence electrons. The van der Waals surface area contributed by atoms with Crippen molar-refractivity contribution in [1.82, 2.24) is 10.2 Å². The number of hydrogen-bond donors (Lipinski definition) is 2. The number of amides is 3. The first-order chi connectivity index (χ1) is 16.5. The van der Waals surface area contributed by atoms with Gasteiger partial charge in [-0.3, -0.25) is 14.4 Å². The molecule has 2 aromatic carbocycles. The van der Waals surface area contributed by atoms with Crippen molar-refractivity contribution in [2.24, 2.45) is 4.99 Å². The first kappa shape index (κ1) is 22.7. The molecule has 3 amide bonds. The number of nitrogens with one attached hydrogen (secondary N) is 2. The normalized spacial score (nSPS) is 20.7. The molecule has 2 aromatic rings. The fourth-order valence-electron chi connectivity index (χ4n) is 4.50. The Bertz CT molecular complexity index is 1110. The summed E-state index contributed by atoms with van der Waals surface area (Å²) in [5.74, 6) is -0.600. The summed E-state index contributed by atoms with van der Waals surface area (Å²) >= 11 is 1.38. The maximum atomic E-state index is 12.6. The van der Waals surface area contributed by atoms with Crippen LogP contribution >= 0.6 is 11.8 Å². The maximum absolute atomic E-state index is 12.6. The fourth-order valence-corrected chi connectivity index (χ4v) is 5.62. The van der Waals surface area contributed by atoms with E-state index in [1.54, 1.807) is 24.3 Å². The van der Waals surface area contributed by atoms with Crippen molar-refractivity contribution in [2.45, 2.75) is 42.8 Å². The van der Waals surface area contributed by atoms with Gasteiger partial charge in [-0.15, -0.1) is 0 Å². The highest BCUT2D eigenvalue weighted by atomic mass is 32.2. The van der Waals surface area contributed by atoms with Crippen molar-refractivity contribution in [3.63, 3.8) is 0 Å². The molecule has 3 aliphatic rings. The summed E-state index contributed by atoms with van der Waals surface area (Å²) in [6.07, 6.45) is 4.46. The van der Waals surface area contributed by atoms with Crippen LogP contribution in [0.2, 0.25) is 0 Å². The Kier molecular flexibility index (Phi) is 6.41. The van der Waals surface area contributed by atoms with Gasteiger partial charge in [0.25, 0.3) is 11.8 Å². The fraction of sp³-hybridized carbons (Fsp3) is 0.385. The lowest BCUT2D eigenvalue weighted by molar-refractivity contribution is -0.121. The van der Waals surface area contributed by atoms with Gasteiger partial charge in [0.15, 0.2) is 5.17 Å². The predicted molar refractivity (Wildman–Crippen MR) is 134 cm³/mol. The number of likely N-dealkylation sites (tertiary alicyclic amines) is 1. The van der Waals surface area contributed by atoms with Gasteiger partial charge in [-0.05, 0) is 55.5 Å². The summed E-state index contributed by atoms with van der Waals surface area (Å²) in [5.41, 5.74) is 2.47. The third kappa shape index (κ3) is 5.01. The monoisotopic (exact) mass is 476 g/mol. The molecule has 0 radical (unpaired) electrons. The smallest absolute Gasteiger partial charge is 0.262 e. The molecular weight excluding hydrogens is 448 g/mol. The van der Waals surface area contributed by atoms with Crippen molar-refractivity contribution in [3.8, 4) is 0 Å². The predicted octanol–water partition coefficient (Wildman–Crippen LogP) is 3.57. The maximum Gasteiger partial charge on any atom is 0.262 e. The number of amidine groups is 1. The van der Waals surface area contributed by atoms with Crippen molar-refractivity contribution in [2.75, 3.05) is 25.0 Å². The molecule has 1 unspecified atom stereocenters. The molecule has 8 heteroatoms. The quantitative estimate of drug-likeness (QED) is 0.638. The van der Waals surface area contributed by atoms with Gasteiger partial charge in [0.05, 0.1) is 0 Å². The molecule has 2 aliphatic heterocycles. The van der Waals surface area contributed by atoms with Crippen LogP contribution in [0.25, 0.3) is 0 Å². The molecule has 0 aromatic heterocycles. The number of carbonyl (C=O) groups excluding carboxylic acids is 3. The molecule has 0 spiro atoms. The lowest BCUT2D eigenvalue weighted by Gasteiger charge is -2.17. The zero-order chi connectivity index (χ0) is 23.5. The Balaban J connectivity index is 1.10. The lowest BCUT2D eigenvalue weighted by Crippen LogP contribution is -2.32. The third-order valence-corrected chi connectivity index (χ3v) is 7.95. The highest BCUT2D eigenvalue weighted by molar-refractivity contribution is 8.15. The summed E-state index contributed by atoms with van der Waals surface area (Å²) in [7, 11) is 0. The van der Waals surface area contributed by atoms with E-state index in [0.29, 0.717) is 17.8 Å². The number of anilines is 1. The van der Waals surface area contributed by atoms with Gasteiger partial charge in [0.1, 0.15) is 5.25 Å². The van der Waals surface area contributed by atoms with E-state index in [1.165, 1.54) is 17.3 Å². The molecule has 1 aliphatic carbocycles. The summed E-state index contributed by atoms with van der Waals surface area (Å²) in [5, 5.41) is 6.16. The van der Waals surface area contributed by atoms with Crippen LogP contribution in [0.3, 0.4) is 0 Å². The molecule has 1 atom stereocenters. The highest BCUT2D eigenvalue weighted by Gasteiger charge is 2.44. The number of thioether (sulfide) groups is 1. The Hall–Kier alpha value is -3.13. The second kappa shape index (κ2) is 9.62. The molecule has 0 bridgehead atoms. The van der Waals surface area contributed by atoms with Crippen LogP contribution in [0.5, 0.6) is 0 Å². The second-order valence-electron chi connectivity index (χ2n) is 9.19. The minimum absolute atomic E-state index is 0.0544. The van der Waals surface area contributed by atoms with Crippen LogP contribution in [0.15, 0.2) is 59.6 Å². The van der Waals surface area contributed by atoms with Gasteiger partial charge < -0.3 is 15.5 Å². The van der Waals surface area contributed by atoms with Crippen molar-refractivity contribution in [1.29, 1.82) is 0 Å². The zero-order valence-electron chi connectivity index (χ0n) is 19.0. The van der Waals surface area contributed by atoms with Crippen LogP contribution in [0.4, 0.5) is 5.69 Å². The van der Waals surface area contributed by atoms with Crippen molar-refractivity contribution >= 4 is 40.3 Å². The number of rotatable bonds is 7. The first-order valence-electron chi connectivity index (χ1n) is 11.8. The third-order valence-electron chi connectivity index (χ3n) is 6.73. The van der Waals surface area contributed by atoms with E-state index in [0.717, 1.165) is 43.9 Å². The second-order valence-corrected chi connectivity index (χ2v) is 10.4. The van der Waals surface area contributed by atoms with Gasteiger partial charge in [0.2, 0.25) is 5.91 Å². The molecule has 1 saturated heterocycles. The number of carbonyl (C=O) groups is 3. The summed E-state index contributed by atoms with van der Waals surface area (Å²) in [6.45, 7) is 2.46. The number of hydrogen-bond acceptors (Lipinski definition) is 5. The summed E-state index contributed by atoms with van der Waals surface area (Å²) < 4.78 is 0. The van der Waals surface area contributed by atoms with E-state index in [4.69, 9.17) is 0 Å². The number of benzene rings is 2. The topological polar surface area (TPSA) is 90.9 Å². The van der Waals surface area contributed by atoms with Crippen LogP contribution in [0, 0.1) is 0 Å². The molecule has 2 fully saturated rings. The van der Waals surface area contributed by atoms with Crippen molar-refractivity contribution in [3.05, 3.63) is 65.7 Å². The van der Waals surface area contributed by atoms with Gasteiger partial charge in [-0.1, -0.05) is 42.1 Å². The van der Waals surface area contributed by atoms with Crippen LogP contribution in [0.1, 0.15) is 48.0 Å². The van der Waals surface area contributed by atoms with E-state index in [9.17, 15) is 14.4 Å². The largest absolute Gasteiger partial charge is 0.351 e. The average Bonchev–Trinajstić information content (AvgIpc) is 3.27. The summed E-state index contributed by atoms with van der Waals surface area (Å²) in [4.78, 5) is 43.6. The lowest BCUT2D eigenvalue weighted by atomic mass is 9.96. The van der Waals surface area contributed by atoms with Crippen LogP contribution < -0.4 is 10.6 Å². The van der Waals surface area contributed by atoms with E-state index >= 15 is 0 Å². The number of nitrogens with zero attached hydrogens (tertiary/aromatic N) is 2. The van der Waals surface area contributed by atoms with Gasteiger partial charge in [-0.25, -0.2) is 0 Å². The Labute approximate surface area is 203 Å². The van der Waals surface area contributed by atoms with Crippen molar-refractivity contribution < 1.29 is 14.4 Å². The minimum Gasteiger partial charge on any atom is -0.351 e. The Morgan fingerprint density at radius 2 is 1.74 bits per heavy atom. The minimum atomic E-state index is -0.472. The molecule has 34 heavy (non-hydrogen) atoms. The Morgan fingerprint density at radius 3 is 2.41 bits per heavy atom. The first-order valence-corrected chi connectivity index (χ1v) is 12.7. The van der Waals surface area contributed by atoms with Crippen LogP contribution in [-0.2, 0) is 15.0 Å². The molecule has 1 saturated carbocycles. The van der Waals surface area contributed by atoms with E-state index in [2.05, 4.69) is 32.7 Å². The van der Waals surface area contributed by atoms with E-state index < -0.39 is 5.25 Å². The van der Waals surface area contributed by atoms with E-state index in [-0.39, 0.29) is 29.6 Å². The number of aliphatic imine (C=N–C) groups is 1. The zero-order valence-corrected chi connectivity index (χ0v) is 19.8. The summed E-state index contributed by atoms with van der Waals surface area (Å²) in [6, 6.07) is 17.1.